The lowest BCUT2D eigenvalue weighted by molar-refractivity contribution is -0.153. The molecule has 0 radical (unpaired) electrons. The zero-order chi connectivity index (χ0) is 22.9. The quantitative estimate of drug-likeness (QED) is 0.664. The number of sulfonamides is 1. The Morgan fingerprint density at radius 3 is 2.78 bits per heavy atom. The lowest BCUT2D eigenvalue weighted by atomic mass is 9.94. The standard InChI is InChI=1S/C20H25F3N4O4S/c1-26-11-19(24-13-26)32(28,29)27-9-16(18-6-3-7-30-18)17(10-27)25-14-4-2-5-15(8-14)31-12-20(21,22)23/h2,4-5,8,11,13,16-18,25H,3,6-7,9-10,12H2,1H3. The molecule has 0 amide bonds. The van der Waals surface area contributed by atoms with Crippen LogP contribution in [0.4, 0.5) is 18.9 Å². The molecule has 2 aromatic rings. The third-order valence-electron chi connectivity index (χ3n) is 5.65. The fourth-order valence-electron chi connectivity index (χ4n) is 4.17. The topological polar surface area (TPSA) is 85.7 Å². The third kappa shape index (κ3) is 5.18. The van der Waals surface area contributed by atoms with Crippen molar-refractivity contribution in [3.63, 3.8) is 0 Å². The average molecular weight is 475 g/mol. The lowest BCUT2D eigenvalue weighted by Gasteiger charge is -2.25. The van der Waals surface area contributed by atoms with E-state index in [0.717, 1.165) is 12.8 Å². The number of alkyl halides is 3. The number of hydrogen-bond donors (Lipinski definition) is 1. The molecule has 3 heterocycles. The van der Waals surface area contributed by atoms with Gasteiger partial charge in [0.15, 0.2) is 11.6 Å². The van der Waals surface area contributed by atoms with Gasteiger partial charge in [-0.15, -0.1) is 0 Å². The molecule has 1 N–H and O–H groups in total. The Labute approximate surface area is 184 Å². The number of aromatic nitrogens is 2. The van der Waals surface area contributed by atoms with Crippen LogP contribution in [-0.2, 0) is 21.8 Å². The van der Waals surface area contributed by atoms with E-state index in [2.05, 4.69) is 10.3 Å². The molecule has 4 rings (SSSR count). The fraction of sp³-hybridized carbons (Fsp3) is 0.550. The summed E-state index contributed by atoms with van der Waals surface area (Å²) in [4.78, 5) is 3.99. The fourth-order valence-corrected chi connectivity index (χ4v) is 5.64. The number of nitrogens with zero attached hydrogens (tertiary/aromatic N) is 3. The summed E-state index contributed by atoms with van der Waals surface area (Å²) < 4.78 is 77.2. The highest BCUT2D eigenvalue weighted by molar-refractivity contribution is 7.89. The maximum absolute atomic E-state index is 13.1. The summed E-state index contributed by atoms with van der Waals surface area (Å²) in [7, 11) is -2.08. The van der Waals surface area contributed by atoms with E-state index in [1.807, 2.05) is 0 Å². The van der Waals surface area contributed by atoms with Crippen molar-refractivity contribution in [2.75, 3.05) is 31.6 Å². The molecule has 0 saturated carbocycles. The number of anilines is 1. The summed E-state index contributed by atoms with van der Waals surface area (Å²) in [5.74, 6) is -0.0345. The Hall–Kier alpha value is -2.31. The number of ether oxygens (including phenoxy) is 2. The van der Waals surface area contributed by atoms with Gasteiger partial charge in [0, 0.05) is 56.7 Å². The van der Waals surface area contributed by atoms with Crippen LogP contribution in [0.2, 0.25) is 0 Å². The SMILES string of the molecule is Cn1cnc(S(=O)(=O)N2CC(Nc3cccc(OCC(F)(F)F)c3)C(C3CCCO3)C2)c1. The second-order valence-electron chi connectivity index (χ2n) is 8.10. The Bertz CT molecular complexity index is 1040. The van der Waals surface area contributed by atoms with Crippen LogP contribution in [0.1, 0.15) is 12.8 Å². The van der Waals surface area contributed by atoms with Crippen LogP contribution >= 0.6 is 0 Å². The van der Waals surface area contributed by atoms with Crippen molar-refractivity contribution >= 4 is 15.7 Å². The van der Waals surface area contributed by atoms with Crippen LogP contribution in [0, 0.1) is 5.92 Å². The first-order valence-electron chi connectivity index (χ1n) is 10.3. The van der Waals surface area contributed by atoms with Crippen molar-refractivity contribution in [3.05, 3.63) is 36.8 Å². The number of rotatable bonds is 7. The van der Waals surface area contributed by atoms with Gasteiger partial charge < -0.3 is 19.4 Å². The molecule has 1 aromatic carbocycles. The molecule has 2 fully saturated rings. The van der Waals surface area contributed by atoms with Crippen molar-refractivity contribution in [2.45, 2.75) is 36.2 Å². The number of aryl methyl sites for hydroxylation is 1. The van der Waals surface area contributed by atoms with Crippen molar-refractivity contribution in [2.24, 2.45) is 13.0 Å². The third-order valence-corrected chi connectivity index (χ3v) is 7.37. The van der Waals surface area contributed by atoms with Gasteiger partial charge in [-0.05, 0) is 25.0 Å². The van der Waals surface area contributed by atoms with E-state index in [1.165, 1.54) is 29.0 Å². The van der Waals surface area contributed by atoms with E-state index < -0.39 is 22.8 Å². The van der Waals surface area contributed by atoms with Crippen molar-refractivity contribution in [1.82, 2.24) is 13.9 Å². The van der Waals surface area contributed by atoms with Crippen molar-refractivity contribution in [1.29, 1.82) is 0 Å². The van der Waals surface area contributed by atoms with E-state index in [9.17, 15) is 21.6 Å². The lowest BCUT2D eigenvalue weighted by Crippen LogP contribution is -2.35. The first kappa shape index (κ1) is 22.9. The van der Waals surface area contributed by atoms with E-state index >= 15 is 0 Å². The Kier molecular flexibility index (Phi) is 6.37. The summed E-state index contributed by atoms with van der Waals surface area (Å²) in [6, 6.07) is 5.94. The highest BCUT2D eigenvalue weighted by atomic mass is 32.2. The van der Waals surface area contributed by atoms with Gasteiger partial charge in [-0.3, -0.25) is 0 Å². The summed E-state index contributed by atoms with van der Waals surface area (Å²) in [5, 5.41) is 3.27. The highest BCUT2D eigenvalue weighted by Gasteiger charge is 2.44. The number of halogens is 3. The minimum absolute atomic E-state index is 0.0192. The largest absolute Gasteiger partial charge is 0.484 e. The maximum Gasteiger partial charge on any atom is 0.422 e. The van der Waals surface area contributed by atoms with Crippen LogP contribution in [0.3, 0.4) is 0 Å². The molecule has 176 valence electrons. The van der Waals surface area contributed by atoms with Gasteiger partial charge in [0.1, 0.15) is 5.75 Å². The van der Waals surface area contributed by atoms with Gasteiger partial charge >= 0.3 is 6.18 Å². The van der Waals surface area contributed by atoms with Crippen molar-refractivity contribution in [3.8, 4) is 5.75 Å². The Balaban J connectivity index is 1.52. The minimum atomic E-state index is -4.43. The van der Waals surface area contributed by atoms with Crippen LogP contribution in [0.15, 0.2) is 41.8 Å². The summed E-state index contributed by atoms with van der Waals surface area (Å²) in [6.07, 6.45) is 0.0964. The molecule has 2 aliphatic rings. The highest BCUT2D eigenvalue weighted by Crippen LogP contribution is 2.33. The van der Waals surface area contributed by atoms with Gasteiger partial charge in [0.25, 0.3) is 10.0 Å². The molecule has 32 heavy (non-hydrogen) atoms. The number of benzene rings is 1. The van der Waals surface area contributed by atoms with Crippen LogP contribution < -0.4 is 10.1 Å². The van der Waals surface area contributed by atoms with Gasteiger partial charge in [-0.1, -0.05) is 6.07 Å². The molecule has 8 nitrogen and oxygen atoms in total. The van der Waals surface area contributed by atoms with Gasteiger partial charge in [0.2, 0.25) is 0 Å². The molecular formula is C20H25F3N4O4S. The number of hydrogen-bond acceptors (Lipinski definition) is 6. The first-order chi connectivity index (χ1) is 15.1. The zero-order valence-corrected chi connectivity index (χ0v) is 18.3. The van der Waals surface area contributed by atoms with E-state index in [4.69, 9.17) is 9.47 Å². The molecule has 3 atom stereocenters. The molecule has 1 aromatic heterocycles. The summed E-state index contributed by atoms with van der Waals surface area (Å²) >= 11 is 0. The maximum atomic E-state index is 13.1. The van der Waals surface area contributed by atoms with E-state index in [1.54, 1.807) is 23.7 Å². The summed E-state index contributed by atoms with van der Waals surface area (Å²) in [5.41, 5.74) is 0.551. The molecule has 3 unspecified atom stereocenters. The van der Waals surface area contributed by atoms with Gasteiger partial charge in [-0.2, -0.15) is 17.5 Å². The first-order valence-corrected chi connectivity index (χ1v) is 11.7. The minimum Gasteiger partial charge on any atom is -0.484 e. The second kappa shape index (κ2) is 8.91. The monoisotopic (exact) mass is 474 g/mol. The molecule has 0 bridgehead atoms. The van der Waals surface area contributed by atoms with Gasteiger partial charge in [0.05, 0.1) is 12.4 Å². The van der Waals surface area contributed by atoms with E-state index in [-0.39, 0.29) is 41.9 Å². The predicted molar refractivity (Wildman–Crippen MR) is 110 cm³/mol. The normalized spacial score (nSPS) is 24.7. The molecule has 2 saturated heterocycles. The van der Waals surface area contributed by atoms with Crippen LogP contribution in [0.5, 0.6) is 5.75 Å². The average Bonchev–Trinajstić information content (AvgIpc) is 3.47. The van der Waals surface area contributed by atoms with E-state index in [0.29, 0.717) is 12.3 Å². The van der Waals surface area contributed by atoms with Crippen LogP contribution in [0.25, 0.3) is 0 Å². The van der Waals surface area contributed by atoms with Crippen molar-refractivity contribution < 1.29 is 31.1 Å². The summed E-state index contributed by atoms with van der Waals surface area (Å²) in [6.45, 7) is -0.293. The Morgan fingerprint density at radius 2 is 2.12 bits per heavy atom. The zero-order valence-electron chi connectivity index (χ0n) is 17.5. The Morgan fingerprint density at radius 1 is 1.31 bits per heavy atom. The van der Waals surface area contributed by atoms with Crippen LogP contribution in [-0.4, -0.2) is 66.9 Å². The smallest absolute Gasteiger partial charge is 0.422 e. The molecular weight excluding hydrogens is 449 g/mol. The molecule has 0 spiro atoms. The molecule has 0 aliphatic carbocycles. The number of imidazole rings is 1. The predicted octanol–water partition coefficient (Wildman–Crippen LogP) is 2.64. The van der Waals surface area contributed by atoms with Gasteiger partial charge in [-0.25, -0.2) is 13.4 Å². The second-order valence-corrected chi connectivity index (χ2v) is 9.98. The number of nitrogens with one attached hydrogen (secondary N) is 1. The molecule has 2 aliphatic heterocycles. The molecule has 12 heteroatoms.